The highest BCUT2D eigenvalue weighted by molar-refractivity contribution is 7.09. The van der Waals surface area contributed by atoms with Crippen molar-refractivity contribution in [1.82, 2.24) is 5.32 Å². The number of rotatable bonds is 7. The highest BCUT2D eigenvalue weighted by Gasteiger charge is 2.09. The van der Waals surface area contributed by atoms with Crippen molar-refractivity contribution in [3.8, 4) is 0 Å². The molecule has 0 bridgehead atoms. The Bertz CT molecular complexity index is 296. The Hall–Kier alpha value is -0.910. The van der Waals surface area contributed by atoms with E-state index < -0.39 is 6.04 Å². The summed E-state index contributed by atoms with van der Waals surface area (Å²) in [4.78, 5) is 12.6. The molecule has 1 rings (SSSR count). The van der Waals surface area contributed by atoms with E-state index in [0.717, 1.165) is 12.8 Å². The predicted octanol–water partition coefficient (Wildman–Crippen LogP) is 0.540. The lowest BCUT2D eigenvalue weighted by Gasteiger charge is -2.12. The molecule has 1 amide bonds. The van der Waals surface area contributed by atoms with Crippen LogP contribution in [-0.4, -0.2) is 35.4 Å². The van der Waals surface area contributed by atoms with Gasteiger partial charge in [-0.1, -0.05) is 6.07 Å². The van der Waals surface area contributed by atoms with Gasteiger partial charge in [0.1, 0.15) is 0 Å². The molecule has 0 unspecified atom stereocenters. The third kappa shape index (κ3) is 4.74. The number of aliphatic hydroxyl groups is 2. The smallest absolute Gasteiger partial charge is 0.220 e. The first-order valence-electron chi connectivity index (χ1n) is 5.29. The minimum Gasteiger partial charge on any atom is -0.394 e. The van der Waals surface area contributed by atoms with Crippen LogP contribution in [0, 0.1) is 0 Å². The fourth-order valence-corrected chi connectivity index (χ4v) is 2.08. The number of aliphatic hydroxyl groups excluding tert-OH is 2. The lowest BCUT2D eigenvalue weighted by Crippen LogP contribution is -2.39. The molecule has 16 heavy (non-hydrogen) atoms. The number of carbonyl (C=O) groups excluding carboxylic acids is 1. The molecule has 0 aliphatic carbocycles. The van der Waals surface area contributed by atoms with E-state index in [0.29, 0.717) is 6.42 Å². The Kier molecular flexibility index (Phi) is 6.07. The van der Waals surface area contributed by atoms with Crippen LogP contribution in [0.2, 0.25) is 0 Å². The summed E-state index contributed by atoms with van der Waals surface area (Å²) in [6, 6.07) is 3.51. The number of hydrogen-bond acceptors (Lipinski definition) is 4. The average molecular weight is 243 g/mol. The number of thiophene rings is 1. The normalized spacial score (nSPS) is 10.7. The minimum absolute atomic E-state index is 0.121. The lowest BCUT2D eigenvalue weighted by molar-refractivity contribution is -0.122. The summed E-state index contributed by atoms with van der Waals surface area (Å²) >= 11 is 1.69. The predicted molar refractivity (Wildman–Crippen MR) is 63.4 cm³/mol. The van der Waals surface area contributed by atoms with Crippen LogP contribution in [0.25, 0.3) is 0 Å². The van der Waals surface area contributed by atoms with Crippen molar-refractivity contribution in [2.45, 2.75) is 25.3 Å². The van der Waals surface area contributed by atoms with Crippen molar-refractivity contribution < 1.29 is 15.0 Å². The van der Waals surface area contributed by atoms with Crippen molar-refractivity contribution in [2.24, 2.45) is 0 Å². The number of carbonyl (C=O) groups is 1. The molecule has 4 nitrogen and oxygen atoms in total. The van der Waals surface area contributed by atoms with Crippen LogP contribution in [0.5, 0.6) is 0 Å². The van der Waals surface area contributed by atoms with Crippen molar-refractivity contribution in [1.29, 1.82) is 0 Å². The van der Waals surface area contributed by atoms with Gasteiger partial charge >= 0.3 is 0 Å². The third-order valence-electron chi connectivity index (χ3n) is 2.21. The Morgan fingerprint density at radius 1 is 1.44 bits per heavy atom. The first-order chi connectivity index (χ1) is 7.76. The highest BCUT2D eigenvalue weighted by Crippen LogP contribution is 2.11. The molecule has 0 spiro atoms. The third-order valence-corrected chi connectivity index (χ3v) is 3.15. The Labute approximate surface area is 98.9 Å². The van der Waals surface area contributed by atoms with Crippen LogP contribution >= 0.6 is 11.3 Å². The first-order valence-corrected chi connectivity index (χ1v) is 6.17. The molecule has 5 heteroatoms. The van der Waals surface area contributed by atoms with Gasteiger partial charge in [0.05, 0.1) is 19.3 Å². The van der Waals surface area contributed by atoms with Crippen LogP contribution in [0.15, 0.2) is 17.5 Å². The minimum atomic E-state index is -0.533. The van der Waals surface area contributed by atoms with Gasteiger partial charge < -0.3 is 15.5 Å². The zero-order valence-corrected chi connectivity index (χ0v) is 9.87. The molecule has 3 N–H and O–H groups in total. The number of aryl methyl sites for hydroxylation is 1. The van der Waals surface area contributed by atoms with Gasteiger partial charge in [-0.05, 0) is 24.3 Å². The van der Waals surface area contributed by atoms with Gasteiger partial charge in [-0.2, -0.15) is 0 Å². The Morgan fingerprint density at radius 3 is 2.75 bits per heavy atom. The summed E-state index contributed by atoms with van der Waals surface area (Å²) in [7, 11) is 0. The van der Waals surface area contributed by atoms with Crippen molar-refractivity contribution in [2.75, 3.05) is 13.2 Å². The zero-order chi connectivity index (χ0) is 11.8. The van der Waals surface area contributed by atoms with Crippen LogP contribution in [-0.2, 0) is 11.2 Å². The number of amides is 1. The summed E-state index contributed by atoms with van der Waals surface area (Å²) in [6.45, 7) is -0.458. The maximum atomic E-state index is 11.4. The molecule has 1 aromatic rings. The monoisotopic (exact) mass is 243 g/mol. The van der Waals surface area contributed by atoms with Gasteiger partial charge in [0, 0.05) is 11.3 Å². The molecule has 1 heterocycles. The molecule has 0 saturated carbocycles. The molecule has 0 fully saturated rings. The average Bonchev–Trinajstić information content (AvgIpc) is 2.79. The van der Waals surface area contributed by atoms with Crippen LogP contribution < -0.4 is 5.32 Å². The SMILES string of the molecule is O=C(CCCc1cccs1)NC(CO)CO. The quantitative estimate of drug-likeness (QED) is 0.654. The van der Waals surface area contributed by atoms with E-state index in [-0.39, 0.29) is 19.1 Å². The molecule has 0 atom stereocenters. The highest BCUT2D eigenvalue weighted by atomic mass is 32.1. The summed E-state index contributed by atoms with van der Waals surface area (Å²) < 4.78 is 0. The molecule has 0 radical (unpaired) electrons. The Balaban J connectivity index is 2.15. The van der Waals surface area contributed by atoms with E-state index in [4.69, 9.17) is 10.2 Å². The van der Waals surface area contributed by atoms with E-state index in [2.05, 4.69) is 5.32 Å². The van der Waals surface area contributed by atoms with Gasteiger partial charge in [0.2, 0.25) is 5.91 Å². The second kappa shape index (κ2) is 7.38. The maximum absolute atomic E-state index is 11.4. The molecule has 0 aliphatic heterocycles. The molecular formula is C11H17NO3S. The standard InChI is InChI=1S/C11H17NO3S/c13-7-9(8-14)12-11(15)5-1-3-10-4-2-6-16-10/h2,4,6,9,13-14H,1,3,5,7-8H2,(H,12,15). The fourth-order valence-electron chi connectivity index (χ4n) is 1.33. The van der Waals surface area contributed by atoms with E-state index in [1.807, 2.05) is 17.5 Å². The van der Waals surface area contributed by atoms with Gasteiger partial charge in [0.25, 0.3) is 0 Å². The second-order valence-corrected chi connectivity index (χ2v) is 4.59. The number of nitrogens with one attached hydrogen (secondary N) is 1. The maximum Gasteiger partial charge on any atom is 0.220 e. The zero-order valence-electron chi connectivity index (χ0n) is 9.06. The van der Waals surface area contributed by atoms with Gasteiger partial charge in [-0.25, -0.2) is 0 Å². The summed E-state index contributed by atoms with van der Waals surface area (Å²) in [5.41, 5.74) is 0. The summed E-state index contributed by atoms with van der Waals surface area (Å²) in [5, 5.41) is 22.1. The lowest BCUT2D eigenvalue weighted by atomic mass is 10.2. The molecular weight excluding hydrogens is 226 g/mol. The first kappa shape index (κ1) is 13.2. The van der Waals surface area contributed by atoms with Crippen LogP contribution in [0.4, 0.5) is 0 Å². The van der Waals surface area contributed by atoms with E-state index in [9.17, 15) is 4.79 Å². The summed E-state index contributed by atoms with van der Waals surface area (Å²) in [6.07, 6.45) is 2.11. The van der Waals surface area contributed by atoms with Crippen LogP contribution in [0.1, 0.15) is 17.7 Å². The summed E-state index contributed by atoms with van der Waals surface area (Å²) in [5.74, 6) is -0.121. The van der Waals surface area contributed by atoms with E-state index >= 15 is 0 Å². The van der Waals surface area contributed by atoms with Gasteiger partial charge in [0.15, 0.2) is 0 Å². The van der Waals surface area contributed by atoms with E-state index in [1.165, 1.54) is 4.88 Å². The van der Waals surface area contributed by atoms with Crippen molar-refractivity contribution >= 4 is 17.2 Å². The van der Waals surface area contributed by atoms with Gasteiger partial charge in [-0.3, -0.25) is 4.79 Å². The molecule has 0 aliphatic rings. The Morgan fingerprint density at radius 2 is 2.19 bits per heavy atom. The molecule has 1 aromatic heterocycles. The topological polar surface area (TPSA) is 69.6 Å². The molecule has 90 valence electrons. The van der Waals surface area contributed by atoms with Crippen LogP contribution in [0.3, 0.4) is 0 Å². The van der Waals surface area contributed by atoms with E-state index in [1.54, 1.807) is 11.3 Å². The molecule has 0 aromatic carbocycles. The van der Waals surface area contributed by atoms with Gasteiger partial charge in [-0.15, -0.1) is 11.3 Å². The largest absolute Gasteiger partial charge is 0.394 e. The fraction of sp³-hybridized carbons (Fsp3) is 0.545. The molecule has 0 saturated heterocycles. The number of hydrogen-bond donors (Lipinski definition) is 3. The second-order valence-electron chi connectivity index (χ2n) is 3.56. The van der Waals surface area contributed by atoms with Crippen molar-refractivity contribution in [3.63, 3.8) is 0 Å². The van der Waals surface area contributed by atoms with Crippen molar-refractivity contribution in [3.05, 3.63) is 22.4 Å².